The van der Waals surface area contributed by atoms with Crippen molar-refractivity contribution in [1.29, 1.82) is 0 Å². The van der Waals surface area contributed by atoms with Gasteiger partial charge in [-0.15, -0.1) is 0 Å². The van der Waals surface area contributed by atoms with Gasteiger partial charge in [0.15, 0.2) is 0 Å². The third kappa shape index (κ3) is 3.09. The van der Waals surface area contributed by atoms with Gasteiger partial charge in [-0.2, -0.15) is 4.98 Å². The number of nitrogens with zero attached hydrogens (tertiary/aromatic N) is 2. The van der Waals surface area contributed by atoms with Crippen LogP contribution in [0, 0.1) is 20.8 Å². The molecular formula is C15H19N3O. The van der Waals surface area contributed by atoms with Crippen molar-refractivity contribution in [3.05, 3.63) is 46.8 Å². The van der Waals surface area contributed by atoms with Crippen molar-refractivity contribution in [1.82, 2.24) is 15.3 Å². The molecule has 0 amide bonds. The van der Waals surface area contributed by atoms with Gasteiger partial charge in [-0.05, 0) is 45.0 Å². The van der Waals surface area contributed by atoms with Crippen molar-refractivity contribution in [3.63, 3.8) is 0 Å². The molecule has 2 rings (SSSR count). The van der Waals surface area contributed by atoms with E-state index >= 15 is 0 Å². The molecule has 0 bridgehead atoms. The minimum absolute atomic E-state index is 0.394. The van der Waals surface area contributed by atoms with Gasteiger partial charge in [-0.3, -0.25) is 0 Å². The van der Waals surface area contributed by atoms with E-state index < -0.39 is 0 Å². The molecule has 0 spiro atoms. The Morgan fingerprint density at radius 2 is 2.00 bits per heavy atom. The SMILES string of the molecule is CNCc1cnc(Oc2cccc(C)c2C)nc1C. The first-order chi connectivity index (χ1) is 9.11. The summed E-state index contributed by atoms with van der Waals surface area (Å²) in [5.41, 5.74) is 4.32. The first-order valence-electron chi connectivity index (χ1n) is 6.33. The normalized spacial score (nSPS) is 10.5. The summed E-state index contributed by atoms with van der Waals surface area (Å²) in [6, 6.07) is 6.36. The Kier molecular flexibility index (Phi) is 4.12. The molecular weight excluding hydrogens is 238 g/mol. The summed E-state index contributed by atoms with van der Waals surface area (Å²) < 4.78 is 5.76. The summed E-state index contributed by atoms with van der Waals surface area (Å²) in [5, 5.41) is 3.09. The van der Waals surface area contributed by atoms with Crippen LogP contribution in [0.1, 0.15) is 22.4 Å². The van der Waals surface area contributed by atoms with Gasteiger partial charge in [0.05, 0.1) is 0 Å². The topological polar surface area (TPSA) is 47.0 Å². The second kappa shape index (κ2) is 5.80. The van der Waals surface area contributed by atoms with E-state index in [1.165, 1.54) is 5.56 Å². The van der Waals surface area contributed by atoms with Gasteiger partial charge in [0, 0.05) is 24.0 Å². The maximum atomic E-state index is 5.76. The standard InChI is InChI=1S/C15H19N3O/c1-10-6-5-7-14(11(10)2)19-15-17-9-13(8-16-4)12(3)18-15/h5-7,9,16H,8H2,1-4H3. The molecule has 0 saturated heterocycles. The highest BCUT2D eigenvalue weighted by Crippen LogP contribution is 2.24. The quantitative estimate of drug-likeness (QED) is 0.914. The Bertz CT molecular complexity index is 582. The van der Waals surface area contributed by atoms with Crippen LogP contribution in [0.15, 0.2) is 24.4 Å². The highest BCUT2D eigenvalue weighted by Gasteiger charge is 2.07. The summed E-state index contributed by atoms with van der Waals surface area (Å²) in [4.78, 5) is 8.64. The van der Waals surface area contributed by atoms with Gasteiger partial charge in [-0.1, -0.05) is 12.1 Å². The lowest BCUT2D eigenvalue weighted by Crippen LogP contribution is -2.08. The fourth-order valence-electron chi connectivity index (χ4n) is 1.82. The number of hydrogen-bond acceptors (Lipinski definition) is 4. The van der Waals surface area contributed by atoms with Crippen molar-refractivity contribution in [2.75, 3.05) is 7.05 Å². The van der Waals surface area contributed by atoms with E-state index in [1.54, 1.807) is 6.20 Å². The molecule has 0 aliphatic carbocycles. The van der Waals surface area contributed by atoms with Crippen LogP contribution < -0.4 is 10.1 Å². The molecule has 0 saturated carbocycles. The van der Waals surface area contributed by atoms with Crippen LogP contribution in [-0.4, -0.2) is 17.0 Å². The average Bonchev–Trinajstić information content (AvgIpc) is 2.38. The monoisotopic (exact) mass is 257 g/mol. The maximum absolute atomic E-state index is 5.76. The lowest BCUT2D eigenvalue weighted by atomic mass is 10.1. The molecule has 1 aromatic carbocycles. The van der Waals surface area contributed by atoms with Crippen LogP contribution in [0.3, 0.4) is 0 Å². The Balaban J connectivity index is 2.24. The van der Waals surface area contributed by atoms with Crippen LogP contribution in [0.4, 0.5) is 0 Å². The summed E-state index contributed by atoms with van der Waals surface area (Å²) in [5.74, 6) is 0.806. The lowest BCUT2D eigenvalue weighted by molar-refractivity contribution is 0.435. The average molecular weight is 257 g/mol. The number of nitrogens with one attached hydrogen (secondary N) is 1. The summed E-state index contributed by atoms with van der Waals surface area (Å²) in [6.07, 6.45) is 1.80. The van der Waals surface area contributed by atoms with E-state index in [4.69, 9.17) is 4.74 Å². The zero-order valence-corrected chi connectivity index (χ0v) is 11.8. The van der Waals surface area contributed by atoms with E-state index in [-0.39, 0.29) is 0 Å². The first kappa shape index (κ1) is 13.5. The molecule has 0 radical (unpaired) electrons. The van der Waals surface area contributed by atoms with Gasteiger partial charge in [0.2, 0.25) is 0 Å². The van der Waals surface area contributed by atoms with E-state index in [1.807, 2.05) is 33.0 Å². The molecule has 4 nitrogen and oxygen atoms in total. The largest absolute Gasteiger partial charge is 0.424 e. The fraction of sp³-hybridized carbons (Fsp3) is 0.333. The molecule has 1 heterocycles. The van der Waals surface area contributed by atoms with E-state index in [0.717, 1.165) is 29.1 Å². The summed E-state index contributed by atoms with van der Waals surface area (Å²) in [6.45, 7) is 6.82. The van der Waals surface area contributed by atoms with E-state index in [2.05, 4.69) is 28.3 Å². The maximum Gasteiger partial charge on any atom is 0.322 e. The van der Waals surface area contributed by atoms with Gasteiger partial charge in [-0.25, -0.2) is 4.98 Å². The van der Waals surface area contributed by atoms with Gasteiger partial charge >= 0.3 is 6.01 Å². The number of ether oxygens (including phenoxy) is 1. The Morgan fingerprint density at radius 3 is 2.68 bits per heavy atom. The van der Waals surface area contributed by atoms with Gasteiger partial charge < -0.3 is 10.1 Å². The van der Waals surface area contributed by atoms with Crippen molar-refractivity contribution in [3.8, 4) is 11.8 Å². The lowest BCUT2D eigenvalue weighted by Gasteiger charge is -2.10. The molecule has 100 valence electrons. The van der Waals surface area contributed by atoms with Crippen molar-refractivity contribution < 1.29 is 4.74 Å². The summed E-state index contributed by atoms with van der Waals surface area (Å²) in [7, 11) is 1.90. The minimum atomic E-state index is 0.394. The third-order valence-electron chi connectivity index (χ3n) is 3.18. The molecule has 0 aliphatic heterocycles. The van der Waals surface area contributed by atoms with Crippen molar-refractivity contribution in [2.24, 2.45) is 0 Å². The van der Waals surface area contributed by atoms with Crippen molar-refractivity contribution >= 4 is 0 Å². The Hall–Kier alpha value is -1.94. The zero-order chi connectivity index (χ0) is 13.8. The highest BCUT2D eigenvalue weighted by atomic mass is 16.5. The number of aryl methyl sites for hydroxylation is 2. The van der Waals surface area contributed by atoms with Crippen LogP contribution >= 0.6 is 0 Å². The molecule has 0 atom stereocenters. The van der Waals surface area contributed by atoms with E-state index in [0.29, 0.717) is 6.01 Å². The van der Waals surface area contributed by atoms with Crippen molar-refractivity contribution in [2.45, 2.75) is 27.3 Å². The second-order valence-electron chi connectivity index (χ2n) is 4.59. The predicted molar refractivity (Wildman–Crippen MR) is 75.5 cm³/mol. The number of aromatic nitrogens is 2. The minimum Gasteiger partial charge on any atom is -0.424 e. The third-order valence-corrected chi connectivity index (χ3v) is 3.18. The second-order valence-corrected chi connectivity index (χ2v) is 4.59. The highest BCUT2D eigenvalue weighted by molar-refractivity contribution is 5.39. The Labute approximate surface area is 113 Å². The first-order valence-corrected chi connectivity index (χ1v) is 6.33. The summed E-state index contributed by atoms with van der Waals surface area (Å²) >= 11 is 0. The molecule has 4 heteroatoms. The van der Waals surface area contributed by atoms with Crippen LogP contribution in [0.5, 0.6) is 11.8 Å². The molecule has 0 aliphatic rings. The van der Waals surface area contributed by atoms with Crippen LogP contribution in [0.25, 0.3) is 0 Å². The van der Waals surface area contributed by atoms with Crippen LogP contribution in [-0.2, 0) is 6.54 Å². The fourth-order valence-corrected chi connectivity index (χ4v) is 1.82. The van der Waals surface area contributed by atoms with Crippen LogP contribution in [0.2, 0.25) is 0 Å². The number of hydrogen-bond donors (Lipinski definition) is 1. The molecule has 1 N–H and O–H groups in total. The van der Waals surface area contributed by atoms with Gasteiger partial charge in [0.1, 0.15) is 5.75 Å². The molecule has 1 aromatic heterocycles. The Morgan fingerprint density at radius 1 is 1.21 bits per heavy atom. The molecule has 2 aromatic rings. The zero-order valence-electron chi connectivity index (χ0n) is 11.8. The molecule has 19 heavy (non-hydrogen) atoms. The molecule has 0 fully saturated rings. The smallest absolute Gasteiger partial charge is 0.322 e. The number of benzene rings is 1. The predicted octanol–water partition coefficient (Wildman–Crippen LogP) is 2.91. The van der Waals surface area contributed by atoms with E-state index in [9.17, 15) is 0 Å². The van der Waals surface area contributed by atoms with Gasteiger partial charge in [0.25, 0.3) is 0 Å². The molecule has 0 unspecified atom stereocenters. The number of rotatable bonds is 4.